The van der Waals surface area contributed by atoms with Crippen LogP contribution >= 0.6 is 0 Å². The van der Waals surface area contributed by atoms with Crippen LogP contribution in [0.25, 0.3) is 0 Å². The average Bonchev–Trinajstić information content (AvgIpc) is 3.23. The molecule has 1 heterocycles. The number of likely N-dealkylation sites (N-methyl/N-ethyl adjacent to an activating group) is 1. The van der Waals surface area contributed by atoms with Crippen LogP contribution in [0.2, 0.25) is 0 Å². The molecule has 0 bridgehead atoms. The summed E-state index contributed by atoms with van der Waals surface area (Å²) < 4.78 is 16.5. The number of amides is 1. The number of carbonyl (C=O) groups excluding carboxylic acids is 1. The third kappa shape index (κ3) is 8.14. The van der Waals surface area contributed by atoms with Crippen molar-refractivity contribution in [2.75, 3.05) is 54.1 Å². The second-order valence-electron chi connectivity index (χ2n) is 6.80. The number of hydrogen-bond acceptors (Lipinski definition) is 5. The van der Waals surface area contributed by atoms with Gasteiger partial charge in [-0.15, -0.1) is 0 Å². The first-order valence-electron chi connectivity index (χ1n) is 9.63. The van der Waals surface area contributed by atoms with Gasteiger partial charge in [-0.25, -0.2) is 4.99 Å². The van der Waals surface area contributed by atoms with Crippen molar-refractivity contribution in [3.63, 3.8) is 0 Å². The Balaban J connectivity index is 1.72. The molecule has 28 heavy (non-hydrogen) atoms. The lowest BCUT2D eigenvalue weighted by Gasteiger charge is -2.16. The average molecular weight is 393 g/mol. The number of benzene rings is 1. The zero-order chi connectivity index (χ0) is 20.2. The van der Waals surface area contributed by atoms with Gasteiger partial charge < -0.3 is 29.7 Å². The minimum atomic E-state index is -0.0472. The Labute approximate surface area is 167 Å². The van der Waals surface area contributed by atoms with Gasteiger partial charge >= 0.3 is 0 Å². The van der Waals surface area contributed by atoms with Crippen LogP contribution in [-0.2, 0) is 20.9 Å². The van der Waals surface area contributed by atoms with E-state index in [2.05, 4.69) is 15.6 Å². The fraction of sp³-hybridized carbons (Fsp3) is 0.600. The second-order valence-corrected chi connectivity index (χ2v) is 6.80. The zero-order valence-electron chi connectivity index (χ0n) is 17.1. The van der Waals surface area contributed by atoms with Gasteiger partial charge in [-0.2, -0.15) is 0 Å². The second kappa shape index (κ2) is 12.2. The first kappa shape index (κ1) is 22.0. The standard InChI is InChI=1S/C20H32N4O4/c1-24(2)19(25)14-23-20(22-13-18-5-4-11-28-18)21-10-12-27-15-16-6-8-17(26-3)9-7-16/h6-9,18H,4-5,10-15H2,1-3H3,(H2,21,22,23). The smallest absolute Gasteiger partial charge is 0.243 e. The van der Waals surface area contributed by atoms with Crippen molar-refractivity contribution in [1.29, 1.82) is 0 Å². The van der Waals surface area contributed by atoms with Crippen molar-refractivity contribution < 1.29 is 19.0 Å². The number of ether oxygens (including phenoxy) is 3. The summed E-state index contributed by atoms with van der Waals surface area (Å²) in [5.74, 6) is 1.38. The number of nitrogens with one attached hydrogen (secondary N) is 2. The van der Waals surface area contributed by atoms with Crippen molar-refractivity contribution in [3.05, 3.63) is 29.8 Å². The summed E-state index contributed by atoms with van der Waals surface area (Å²) in [7, 11) is 5.09. The predicted octanol–water partition coefficient (Wildman–Crippen LogP) is 1.01. The van der Waals surface area contributed by atoms with Crippen molar-refractivity contribution in [2.45, 2.75) is 25.6 Å². The number of carbonyl (C=O) groups is 1. The summed E-state index contributed by atoms with van der Waals surface area (Å²) in [5, 5.41) is 6.46. The predicted molar refractivity (Wildman–Crippen MR) is 109 cm³/mol. The van der Waals surface area contributed by atoms with Gasteiger partial charge in [0.15, 0.2) is 5.96 Å². The minimum Gasteiger partial charge on any atom is -0.497 e. The van der Waals surface area contributed by atoms with Crippen LogP contribution in [0.3, 0.4) is 0 Å². The fourth-order valence-corrected chi connectivity index (χ4v) is 2.63. The lowest BCUT2D eigenvalue weighted by atomic mass is 10.2. The number of nitrogens with zero attached hydrogens (tertiary/aromatic N) is 2. The molecule has 1 unspecified atom stereocenters. The van der Waals surface area contributed by atoms with E-state index in [0.717, 1.165) is 30.8 Å². The molecule has 1 aromatic rings. The van der Waals surface area contributed by atoms with Crippen molar-refractivity contribution in [1.82, 2.24) is 15.5 Å². The summed E-state index contributed by atoms with van der Waals surface area (Å²) in [5.41, 5.74) is 1.09. The molecule has 0 radical (unpaired) electrons. The molecule has 0 spiro atoms. The van der Waals surface area contributed by atoms with Gasteiger partial charge in [0.25, 0.3) is 0 Å². The summed E-state index contributed by atoms with van der Waals surface area (Å²) in [6.07, 6.45) is 2.33. The number of hydrogen-bond donors (Lipinski definition) is 2. The van der Waals surface area contributed by atoms with E-state index in [1.165, 1.54) is 4.90 Å². The maximum Gasteiger partial charge on any atom is 0.243 e. The van der Waals surface area contributed by atoms with Gasteiger partial charge in [-0.05, 0) is 30.5 Å². The van der Waals surface area contributed by atoms with Gasteiger partial charge in [0.1, 0.15) is 12.3 Å². The van der Waals surface area contributed by atoms with E-state index in [-0.39, 0.29) is 18.6 Å². The quantitative estimate of drug-likeness (QED) is 0.351. The van der Waals surface area contributed by atoms with Crippen molar-refractivity contribution in [3.8, 4) is 5.75 Å². The maximum absolute atomic E-state index is 11.8. The monoisotopic (exact) mass is 392 g/mol. The molecule has 2 N–H and O–H groups in total. The Morgan fingerprint density at radius 2 is 2.07 bits per heavy atom. The van der Waals surface area contributed by atoms with Crippen LogP contribution in [0.15, 0.2) is 29.3 Å². The molecule has 1 fully saturated rings. The fourth-order valence-electron chi connectivity index (χ4n) is 2.63. The normalized spacial score (nSPS) is 16.7. The molecular formula is C20H32N4O4. The number of rotatable bonds is 10. The molecule has 0 aromatic heterocycles. The molecule has 2 rings (SSSR count). The molecular weight excluding hydrogens is 360 g/mol. The molecule has 8 heteroatoms. The lowest BCUT2D eigenvalue weighted by molar-refractivity contribution is -0.127. The molecule has 1 aliphatic rings. The van der Waals surface area contributed by atoms with Crippen LogP contribution in [0.5, 0.6) is 5.75 Å². The molecule has 1 aromatic carbocycles. The van der Waals surface area contributed by atoms with Gasteiger partial charge in [-0.3, -0.25) is 4.79 Å². The van der Waals surface area contributed by atoms with Crippen LogP contribution in [0, 0.1) is 0 Å². The molecule has 156 valence electrons. The topological polar surface area (TPSA) is 84.4 Å². The Morgan fingerprint density at radius 3 is 2.71 bits per heavy atom. The highest BCUT2D eigenvalue weighted by Gasteiger charge is 2.15. The molecule has 1 aliphatic heterocycles. The molecule has 1 atom stereocenters. The maximum atomic E-state index is 11.8. The van der Waals surface area contributed by atoms with Gasteiger partial charge in [0.05, 0.1) is 26.4 Å². The van der Waals surface area contributed by atoms with Crippen LogP contribution in [0.4, 0.5) is 0 Å². The molecule has 1 saturated heterocycles. The summed E-state index contributed by atoms with van der Waals surface area (Å²) in [6.45, 7) is 3.22. The van der Waals surface area contributed by atoms with Gasteiger partial charge in [0.2, 0.25) is 5.91 Å². The van der Waals surface area contributed by atoms with Crippen LogP contribution in [0.1, 0.15) is 18.4 Å². The van der Waals surface area contributed by atoms with E-state index >= 15 is 0 Å². The minimum absolute atomic E-state index is 0.0472. The first-order valence-corrected chi connectivity index (χ1v) is 9.63. The largest absolute Gasteiger partial charge is 0.497 e. The number of guanidine groups is 1. The first-order chi connectivity index (χ1) is 13.6. The SMILES string of the molecule is COc1ccc(COCCNC(=NCC(=O)N(C)C)NCC2CCCO2)cc1. The van der Waals surface area contributed by atoms with E-state index in [0.29, 0.717) is 32.3 Å². The van der Waals surface area contributed by atoms with Crippen LogP contribution < -0.4 is 15.4 Å². The lowest BCUT2D eigenvalue weighted by Crippen LogP contribution is -2.43. The van der Waals surface area contributed by atoms with Gasteiger partial charge in [-0.1, -0.05) is 12.1 Å². The van der Waals surface area contributed by atoms with E-state index in [9.17, 15) is 4.79 Å². The number of aliphatic imine (C=N–C) groups is 1. The Morgan fingerprint density at radius 1 is 1.29 bits per heavy atom. The van der Waals surface area contributed by atoms with Crippen molar-refractivity contribution >= 4 is 11.9 Å². The van der Waals surface area contributed by atoms with E-state index in [1.807, 2.05) is 24.3 Å². The van der Waals surface area contributed by atoms with Crippen LogP contribution in [-0.4, -0.2) is 76.9 Å². The van der Waals surface area contributed by atoms with E-state index in [4.69, 9.17) is 14.2 Å². The number of methoxy groups -OCH3 is 1. The summed E-state index contributed by atoms with van der Waals surface area (Å²) in [4.78, 5) is 17.7. The Kier molecular flexibility index (Phi) is 9.57. The third-order valence-electron chi connectivity index (χ3n) is 4.36. The Hall–Kier alpha value is -2.32. The van der Waals surface area contributed by atoms with E-state index < -0.39 is 0 Å². The summed E-state index contributed by atoms with van der Waals surface area (Å²) in [6, 6.07) is 7.79. The molecule has 0 saturated carbocycles. The Bertz CT molecular complexity index is 613. The highest BCUT2D eigenvalue weighted by atomic mass is 16.5. The molecule has 0 aliphatic carbocycles. The molecule has 1 amide bonds. The van der Waals surface area contributed by atoms with E-state index in [1.54, 1.807) is 21.2 Å². The molecule has 8 nitrogen and oxygen atoms in total. The van der Waals surface area contributed by atoms with Crippen molar-refractivity contribution in [2.24, 2.45) is 4.99 Å². The third-order valence-corrected chi connectivity index (χ3v) is 4.36. The summed E-state index contributed by atoms with van der Waals surface area (Å²) >= 11 is 0. The highest BCUT2D eigenvalue weighted by molar-refractivity contribution is 5.84. The van der Waals surface area contributed by atoms with Gasteiger partial charge in [0, 0.05) is 33.8 Å². The highest BCUT2D eigenvalue weighted by Crippen LogP contribution is 2.12. The zero-order valence-corrected chi connectivity index (χ0v) is 17.1.